The van der Waals surface area contributed by atoms with Gasteiger partial charge >= 0.3 is 6.18 Å². The minimum atomic E-state index is -4.24. The van der Waals surface area contributed by atoms with Crippen LogP contribution in [0.5, 0.6) is 0 Å². The van der Waals surface area contributed by atoms with Crippen LogP contribution in [0.15, 0.2) is 18.5 Å². The van der Waals surface area contributed by atoms with Gasteiger partial charge in [-0.05, 0) is 31.7 Å². The van der Waals surface area contributed by atoms with E-state index in [1.807, 2.05) is 11.9 Å². The lowest BCUT2D eigenvalue weighted by atomic mass is 9.88. The molecule has 1 aromatic rings. The molecule has 9 heteroatoms. The molecule has 1 saturated carbocycles. The number of hydrogen-bond donors (Lipinski definition) is 0. The minimum absolute atomic E-state index is 0.0500. The molecule has 134 valence electrons. The number of alkyl halides is 3. The number of fused-ring (bicyclic) bond motifs is 1. The zero-order valence-electron chi connectivity index (χ0n) is 13.3. The van der Waals surface area contributed by atoms with Crippen molar-refractivity contribution in [3.05, 3.63) is 18.5 Å². The van der Waals surface area contributed by atoms with E-state index in [4.69, 9.17) is 0 Å². The largest absolute Gasteiger partial charge is 0.391 e. The number of rotatable bonds is 2. The fraction of sp³-hybridized carbons (Fsp3) is 0.667. The molecule has 0 spiro atoms. The molecule has 0 N–H and O–H groups in total. The van der Waals surface area contributed by atoms with Gasteiger partial charge in [-0.1, -0.05) is 0 Å². The summed E-state index contributed by atoms with van der Waals surface area (Å²) in [5, 5.41) is -0.757. The van der Waals surface area contributed by atoms with Crippen molar-refractivity contribution in [1.82, 2.24) is 4.98 Å². The molecule has 24 heavy (non-hydrogen) atoms. The van der Waals surface area contributed by atoms with Crippen LogP contribution in [0.25, 0.3) is 0 Å². The van der Waals surface area contributed by atoms with E-state index < -0.39 is 27.4 Å². The van der Waals surface area contributed by atoms with Crippen molar-refractivity contribution in [2.75, 3.05) is 29.3 Å². The molecule has 0 amide bonds. The Kier molecular flexibility index (Phi) is 4.39. The van der Waals surface area contributed by atoms with Crippen LogP contribution in [0.3, 0.4) is 0 Å². The van der Waals surface area contributed by atoms with Gasteiger partial charge in [-0.2, -0.15) is 13.2 Å². The molecule has 1 fully saturated rings. The lowest BCUT2D eigenvalue weighted by Crippen LogP contribution is -2.47. The minimum Gasteiger partial charge on any atom is -0.371 e. The lowest BCUT2D eigenvalue weighted by molar-refractivity contribution is -0.181. The molecule has 1 aliphatic carbocycles. The molecule has 0 radical (unpaired) electrons. The van der Waals surface area contributed by atoms with Gasteiger partial charge in [0, 0.05) is 19.8 Å². The molecule has 1 aromatic heterocycles. The van der Waals surface area contributed by atoms with Gasteiger partial charge in [-0.3, -0.25) is 9.29 Å². The third kappa shape index (κ3) is 3.05. The van der Waals surface area contributed by atoms with E-state index in [0.717, 1.165) is 5.69 Å². The van der Waals surface area contributed by atoms with Gasteiger partial charge in [0.25, 0.3) is 0 Å². The number of halogens is 3. The second kappa shape index (κ2) is 6.09. The number of pyridine rings is 1. The van der Waals surface area contributed by atoms with E-state index in [1.54, 1.807) is 12.3 Å². The predicted molar refractivity (Wildman–Crippen MR) is 85.6 cm³/mol. The van der Waals surface area contributed by atoms with Crippen LogP contribution in [-0.2, 0) is 10.0 Å². The molecule has 0 atom stereocenters. The van der Waals surface area contributed by atoms with Crippen molar-refractivity contribution >= 4 is 21.4 Å². The van der Waals surface area contributed by atoms with Crippen molar-refractivity contribution in [1.29, 1.82) is 0 Å². The molecule has 1 aliphatic heterocycles. The first-order valence-corrected chi connectivity index (χ1v) is 9.45. The van der Waals surface area contributed by atoms with E-state index in [0.29, 0.717) is 12.2 Å². The van der Waals surface area contributed by atoms with Gasteiger partial charge in [0.05, 0.1) is 35.3 Å². The van der Waals surface area contributed by atoms with Gasteiger partial charge in [0.15, 0.2) is 0 Å². The molecule has 0 bridgehead atoms. The highest BCUT2D eigenvalue weighted by molar-refractivity contribution is 7.93. The van der Waals surface area contributed by atoms with Gasteiger partial charge < -0.3 is 4.90 Å². The second-order valence-corrected chi connectivity index (χ2v) is 8.56. The summed E-state index contributed by atoms with van der Waals surface area (Å²) >= 11 is 0. The molecule has 0 unspecified atom stereocenters. The number of nitrogens with zero attached hydrogens (tertiary/aromatic N) is 3. The van der Waals surface area contributed by atoms with Crippen molar-refractivity contribution in [3.63, 3.8) is 0 Å². The van der Waals surface area contributed by atoms with Gasteiger partial charge in [0.2, 0.25) is 10.0 Å². The molecular weight excluding hydrogens is 343 g/mol. The maximum atomic E-state index is 13.0. The van der Waals surface area contributed by atoms with Crippen LogP contribution in [0.4, 0.5) is 24.5 Å². The molecular formula is C15H20F3N3O2S. The number of anilines is 2. The van der Waals surface area contributed by atoms with E-state index in [2.05, 4.69) is 4.98 Å². The number of hydrogen-bond acceptors (Lipinski definition) is 4. The smallest absolute Gasteiger partial charge is 0.371 e. The summed E-state index contributed by atoms with van der Waals surface area (Å²) in [6.07, 6.45) is -1.28. The number of likely N-dealkylation sites (N-methyl/N-ethyl adjacent to an activating group) is 1. The van der Waals surface area contributed by atoms with Crippen molar-refractivity contribution in [3.8, 4) is 0 Å². The Morgan fingerprint density at radius 1 is 1.12 bits per heavy atom. The van der Waals surface area contributed by atoms with E-state index in [9.17, 15) is 21.6 Å². The van der Waals surface area contributed by atoms with E-state index in [-0.39, 0.29) is 32.2 Å². The summed E-state index contributed by atoms with van der Waals surface area (Å²) in [5.74, 6) is -1.38. The molecule has 0 saturated heterocycles. The molecule has 2 heterocycles. The summed E-state index contributed by atoms with van der Waals surface area (Å²) in [6.45, 7) is 0.824. The van der Waals surface area contributed by atoms with E-state index in [1.165, 1.54) is 10.5 Å². The monoisotopic (exact) mass is 363 g/mol. The Morgan fingerprint density at radius 3 is 2.42 bits per heavy atom. The standard InChI is InChI=1S/C15H20F3N3O2S/c1-20-8-9-21(14-10-19-7-6-13(14)20)24(22,23)12-4-2-11(3-5-12)15(16,17)18/h6-7,10-12H,2-5,8-9H2,1H3. The first-order chi connectivity index (χ1) is 11.2. The zero-order chi connectivity index (χ0) is 17.5. The highest BCUT2D eigenvalue weighted by Gasteiger charge is 2.45. The topological polar surface area (TPSA) is 53.5 Å². The Labute approximate surface area is 139 Å². The Hall–Kier alpha value is -1.51. The Morgan fingerprint density at radius 2 is 1.79 bits per heavy atom. The lowest BCUT2D eigenvalue weighted by Gasteiger charge is -2.39. The Balaban J connectivity index is 1.81. The third-order valence-corrected chi connectivity index (χ3v) is 7.27. The van der Waals surface area contributed by atoms with Crippen LogP contribution < -0.4 is 9.21 Å². The molecule has 2 aliphatic rings. The van der Waals surface area contributed by atoms with Gasteiger partial charge in [0.1, 0.15) is 0 Å². The summed E-state index contributed by atoms with van der Waals surface area (Å²) in [4.78, 5) is 5.95. The molecule has 5 nitrogen and oxygen atoms in total. The number of aromatic nitrogens is 1. The van der Waals surface area contributed by atoms with Crippen LogP contribution in [0.2, 0.25) is 0 Å². The summed E-state index contributed by atoms with van der Waals surface area (Å²) in [5.41, 5.74) is 1.27. The SMILES string of the molecule is CN1CCN(S(=O)(=O)C2CCC(C(F)(F)F)CC2)c2cnccc21. The van der Waals surface area contributed by atoms with Crippen LogP contribution in [0, 0.1) is 5.92 Å². The second-order valence-electron chi connectivity index (χ2n) is 6.42. The fourth-order valence-electron chi connectivity index (χ4n) is 3.51. The molecule has 3 rings (SSSR count). The molecule has 0 aromatic carbocycles. The van der Waals surface area contributed by atoms with Crippen LogP contribution in [-0.4, -0.2) is 45.0 Å². The van der Waals surface area contributed by atoms with Crippen molar-refractivity contribution in [2.45, 2.75) is 37.1 Å². The average molecular weight is 363 g/mol. The fourth-order valence-corrected chi connectivity index (χ4v) is 5.49. The quantitative estimate of drug-likeness (QED) is 0.811. The summed E-state index contributed by atoms with van der Waals surface area (Å²) < 4.78 is 65.6. The average Bonchev–Trinajstić information content (AvgIpc) is 2.54. The maximum absolute atomic E-state index is 13.0. The van der Waals surface area contributed by atoms with E-state index >= 15 is 0 Å². The van der Waals surface area contributed by atoms with Crippen molar-refractivity contribution in [2.24, 2.45) is 5.92 Å². The van der Waals surface area contributed by atoms with Crippen LogP contribution >= 0.6 is 0 Å². The van der Waals surface area contributed by atoms with Crippen molar-refractivity contribution < 1.29 is 21.6 Å². The normalized spacial score (nSPS) is 25.5. The first-order valence-electron chi connectivity index (χ1n) is 7.94. The summed E-state index contributed by atoms with van der Waals surface area (Å²) in [6, 6.07) is 1.75. The van der Waals surface area contributed by atoms with Gasteiger partial charge in [-0.25, -0.2) is 8.42 Å². The maximum Gasteiger partial charge on any atom is 0.391 e. The van der Waals surface area contributed by atoms with Crippen LogP contribution in [0.1, 0.15) is 25.7 Å². The number of sulfonamides is 1. The highest BCUT2D eigenvalue weighted by atomic mass is 32.2. The first kappa shape index (κ1) is 17.3. The predicted octanol–water partition coefficient (Wildman–Crippen LogP) is 2.79. The van der Waals surface area contributed by atoms with Gasteiger partial charge in [-0.15, -0.1) is 0 Å². The summed E-state index contributed by atoms with van der Waals surface area (Å²) in [7, 11) is -1.82. The Bertz CT molecular complexity index is 700. The zero-order valence-corrected chi connectivity index (χ0v) is 14.1. The highest BCUT2D eigenvalue weighted by Crippen LogP contribution is 2.41. The third-order valence-electron chi connectivity index (χ3n) is 4.96.